The second-order valence-corrected chi connectivity index (χ2v) is 4.59. The van der Waals surface area contributed by atoms with E-state index in [1.54, 1.807) is 11.8 Å². The van der Waals surface area contributed by atoms with Crippen LogP contribution in [0, 0.1) is 11.3 Å². The van der Waals surface area contributed by atoms with Crippen LogP contribution in [-0.4, -0.2) is 11.1 Å². The Morgan fingerprint density at radius 1 is 1.46 bits per heavy atom. The quantitative estimate of drug-likeness (QED) is 0.614. The van der Waals surface area contributed by atoms with E-state index < -0.39 is 0 Å². The lowest BCUT2D eigenvalue weighted by Gasteiger charge is -2.23. The van der Waals surface area contributed by atoms with E-state index in [2.05, 4.69) is 6.07 Å². The van der Waals surface area contributed by atoms with Crippen LogP contribution in [0.25, 0.3) is 0 Å². The zero-order valence-corrected chi connectivity index (χ0v) is 8.48. The molecule has 0 aromatic heterocycles. The van der Waals surface area contributed by atoms with Gasteiger partial charge < -0.3 is 0 Å². The van der Waals surface area contributed by atoms with E-state index in [0.717, 1.165) is 11.3 Å². The first kappa shape index (κ1) is 8.93. The molecule has 2 atom stereocenters. The molecule has 1 nitrogen and oxygen atoms in total. The molecule has 0 aliphatic carbocycles. The van der Waals surface area contributed by atoms with E-state index in [1.807, 2.05) is 24.3 Å². The van der Waals surface area contributed by atoms with Crippen LogP contribution in [0.2, 0.25) is 0 Å². The Bertz CT molecular complexity index is 358. The average Bonchev–Trinajstić information content (AvgIpc) is 2.18. The molecule has 1 aromatic carbocycles. The van der Waals surface area contributed by atoms with Gasteiger partial charge in [0, 0.05) is 10.6 Å². The summed E-state index contributed by atoms with van der Waals surface area (Å²) in [5, 5.41) is 8.91. The second-order valence-electron chi connectivity index (χ2n) is 2.97. The second kappa shape index (κ2) is 3.61. The number of nitrogens with zero attached hydrogens (tertiary/aromatic N) is 1. The van der Waals surface area contributed by atoms with Crippen LogP contribution in [0.3, 0.4) is 0 Å². The van der Waals surface area contributed by atoms with E-state index in [9.17, 15) is 0 Å². The van der Waals surface area contributed by atoms with Crippen molar-refractivity contribution in [3.63, 3.8) is 0 Å². The molecule has 2 unspecified atom stereocenters. The molecule has 0 N–H and O–H groups in total. The summed E-state index contributed by atoms with van der Waals surface area (Å²) < 4.78 is 0. The van der Waals surface area contributed by atoms with Crippen molar-refractivity contribution in [2.24, 2.45) is 0 Å². The monoisotopic (exact) mass is 209 g/mol. The number of fused-ring (bicyclic) bond motifs is 1. The number of alkyl halides is 1. The fourth-order valence-corrected chi connectivity index (χ4v) is 2.93. The Hall–Kier alpha value is -0.650. The number of thioether (sulfide) groups is 1. The van der Waals surface area contributed by atoms with Crippen LogP contribution >= 0.6 is 23.4 Å². The fraction of sp³-hybridized carbons (Fsp3) is 0.300. The lowest BCUT2D eigenvalue weighted by Crippen LogP contribution is -2.18. The van der Waals surface area contributed by atoms with Gasteiger partial charge in [-0.05, 0) is 11.6 Å². The van der Waals surface area contributed by atoms with Gasteiger partial charge in [-0.15, -0.1) is 23.4 Å². The normalized spacial score (nSPS) is 26.2. The Labute approximate surface area is 86.7 Å². The lowest BCUT2D eigenvalue weighted by atomic mass is 9.97. The number of nitriles is 1. The Morgan fingerprint density at radius 2 is 2.23 bits per heavy atom. The zero-order chi connectivity index (χ0) is 9.26. The molecule has 0 radical (unpaired) electrons. The highest BCUT2D eigenvalue weighted by Crippen LogP contribution is 2.39. The van der Waals surface area contributed by atoms with Crippen LogP contribution in [0.1, 0.15) is 11.5 Å². The van der Waals surface area contributed by atoms with Crippen LogP contribution < -0.4 is 0 Å². The molecule has 0 bridgehead atoms. The number of benzene rings is 1. The van der Waals surface area contributed by atoms with Gasteiger partial charge in [0.1, 0.15) is 0 Å². The summed E-state index contributed by atoms with van der Waals surface area (Å²) in [4.78, 5) is 1.20. The maximum Gasteiger partial charge on any atom is 0.0895 e. The molecule has 0 amide bonds. The zero-order valence-electron chi connectivity index (χ0n) is 6.90. The van der Waals surface area contributed by atoms with Crippen LogP contribution in [0.4, 0.5) is 0 Å². The summed E-state index contributed by atoms with van der Waals surface area (Å²) in [5.74, 6) is 0.690. The molecule has 0 saturated carbocycles. The smallest absolute Gasteiger partial charge is 0.0895 e. The molecular weight excluding hydrogens is 202 g/mol. The molecule has 1 aromatic rings. The molecule has 1 aliphatic rings. The largest absolute Gasteiger partial charge is 0.198 e. The summed E-state index contributed by atoms with van der Waals surface area (Å²) in [5.41, 5.74) is 1.08. The van der Waals surface area contributed by atoms with E-state index in [-0.39, 0.29) is 11.3 Å². The van der Waals surface area contributed by atoms with Gasteiger partial charge in [-0.1, -0.05) is 18.2 Å². The van der Waals surface area contributed by atoms with E-state index in [1.165, 1.54) is 4.90 Å². The van der Waals surface area contributed by atoms with Gasteiger partial charge >= 0.3 is 0 Å². The van der Waals surface area contributed by atoms with Gasteiger partial charge in [-0.2, -0.15) is 5.26 Å². The van der Waals surface area contributed by atoms with Crippen LogP contribution in [0.5, 0.6) is 0 Å². The van der Waals surface area contributed by atoms with Crippen molar-refractivity contribution in [3.8, 4) is 6.07 Å². The van der Waals surface area contributed by atoms with Crippen molar-refractivity contribution < 1.29 is 0 Å². The van der Waals surface area contributed by atoms with Crippen molar-refractivity contribution in [2.45, 2.75) is 16.2 Å². The van der Waals surface area contributed by atoms with Crippen molar-refractivity contribution in [3.05, 3.63) is 29.8 Å². The number of hydrogen-bond donors (Lipinski definition) is 0. The van der Waals surface area contributed by atoms with Gasteiger partial charge in [-0.3, -0.25) is 0 Å². The first-order valence-corrected chi connectivity index (χ1v) is 5.50. The minimum Gasteiger partial charge on any atom is -0.198 e. The first-order chi connectivity index (χ1) is 6.33. The summed E-state index contributed by atoms with van der Waals surface area (Å²) in [6.07, 6.45) is 0. The van der Waals surface area contributed by atoms with E-state index in [4.69, 9.17) is 16.9 Å². The summed E-state index contributed by atoms with van der Waals surface area (Å²) in [7, 11) is 0. The van der Waals surface area contributed by atoms with Gasteiger partial charge in [0.2, 0.25) is 0 Å². The van der Waals surface area contributed by atoms with Crippen molar-refractivity contribution in [1.29, 1.82) is 5.26 Å². The standard InChI is InChI=1S/C10H8ClNS/c11-9-6-13-10-4-2-1-3-7(10)8(9)5-12/h1-4,8-9H,6H2. The first-order valence-electron chi connectivity index (χ1n) is 4.08. The maximum absolute atomic E-state index is 8.96. The van der Waals surface area contributed by atoms with Gasteiger partial charge in [0.15, 0.2) is 0 Å². The fourth-order valence-electron chi connectivity index (χ4n) is 1.48. The Balaban J connectivity index is 2.46. The number of rotatable bonds is 0. The molecule has 66 valence electrons. The minimum absolute atomic E-state index is 0.0510. The third-order valence-corrected chi connectivity index (χ3v) is 3.95. The average molecular weight is 210 g/mol. The topological polar surface area (TPSA) is 23.8 Å². The highest BCUT2D eigenvalue weighted by molar-refractivity contribution is 7.99. The van der Waals surface area contributed by atoms with E-state index >= 15 is 0 Å². The molecule has 3 heteroatoms. The SMILES string of the molecule is N#CC1c2ccccc2SCC1Cl. The molecule has 0 saturated heterocycles. The Kier molecular flexibility index (Phi) is 2.48. The predicted molar refractivity (Wildman–Crippen MR) is 55.2 cm³/mol. The molecule has 2 rings (SSSR count). The number of halogens is 1. The minimum atomic E-state index is -0.140. The third-order valence-electron chi connectivity index (χ3n) is 2.15. The molecule has 1 aliphatic heterocycles. The Morgan fingerprint density at radius 3 is 3.00 bits per heavy atom. The van der Waals surface area contributed by atoms with Crippen LogP contribution in [-0.2, 0) is 0 Å². The highest BCUT2D eigenvalue weighted by Gasteiger charge is 2.27. The summed E-state index contributed by atoms with van der Waals surface area (Å²) in [6.45, 7) is 0. The van der Waals surface area contributed by atoms with Crippen molar-refractivity contribution in [1.82, 2.24) is 0 Å². The molecule has 0 fully saturated rings. The summed E-state index contributed by atoms with van der Waals surface area (Å²) >= 11 is 7.80. The van der Waals surface area contributed by atoms with Gasteiger partial charge in [0.25, 0.3) is 0 Å². The summed E-state index contributed by atoms with van der Waals surface area (Å²) in [6, 6.07) is 10.3. The molecule has 0 spiro atoms. The number of hydrogen-bond acceptors (Lipinski definition) is 2. The maximum atomic E-state index is 8.96. The molecule has 13 heavy (non-hydrogen) atoms. The van der Waals surface area contributed by atoms with E-state index in [0.29, 0.717) is 0 Å². The predicted octanol–water partition coefficient (Wildman–Crippen LogP) is 3.01. The van der Waals surface area contributed by atoms with Crippen LogP contribution in [0.15, 0.2) is 29.2 Å². The van der Waals surface area contributed by atoms with Gasteiger partial charge in [0.05, 0.1) is 17.4 Å². The van der Waals surface area contributed by atoms with Crippen molar-refractivity contribution in [2.75, 3.05) is 5.75 Å². The highest BCUT2D eigenvalue weighted by atomic mass is 35.5. The lowest BCUT2D eigenvalue weighted by molar-refractivity contribution is 0.802. The third kappa shape index (κ3) is 1.54. The van der Waals surface area contributed by atoms with Gasteiger partial charge in [-0.25, -0.2) is 0 Å². The van der Waals surface area contributed by atoms with Crippen molar-refractivity contribution >= 4 is 23.4 Å². The molecular formula is C10H8ClNS. The molecule has 1 heterocycles.